The van der Waals surface area contributed by atoms with Gasteiger partial charge in [0.15, 0.2) is 11.5 Å². The van der Waals surface area contributed by atoms with Crippen molar-refractivity contribution in [3.05, 3.63) is 46.6 Å². The third-order valence-electron chi connectivity index (χ3n) is 5.75. The van der Waals surface area contributed by atoms with Crippen LogP contribution in [-0.2, 0) is 11.2 Å². The fourth-order valence-electron chi connectivity index (χ4n) is 4.23. The van der Waals surface area contributed by atoms with Crippen LogP contribution in [0.2, 0.25) is 10.3 Å². The molecule has 10 heteroatoms. The molecule has 0 saturated carbocycles. The molecule has 1 fully saturated rings. The van der Waals surface area contributed by atoms with Crippen molar-refractivity contribution in [3.63, 3.8) is 0 Å². The van der Waals surface area contributed by atoms with Gasteiger partial charge in [-0.25, -0.2) is 4.98 Å². The van der Waals surface area contributed by atoms with Crippen molar-refractivity contribution in [2.45, 2.75) is 19.3 Å². The third-order valence-corrected chi connectivity index (χ3v) is 6.16. The summed E-state index contributed by atoms with van der Waals surface area (Å²) in [5, 5.41) is 5.04. The van der Waals surface area contributed by atoms with Gasteiger partial charge in [-0.3, -0.25) is 4.79 Å². The summed E-state index contributed by atoms with van der Waals surface area (Å²) >= 11 is 12.2. The van der Waals surface area contributed by atoms with E-state index in [1.165, 1.54) is 0 Å². The lowest BCUT2D eigenvalue weighted by Gasteiger charge is -2.33. The van der Waals surface area contributed by atoms with Crippen LogP contribution in [0.15, 0.2) is 30.7 Å². The molecule has 0 aliphatic carbocycles. The number of nitrogens with one attached hydrogen (secondary N) is 3. The number of aromatic amines is 2. The maximum absolute atomic E-state index is 12.9. The lowest BCUT2D eigenvalue weighted by atomic mass is 9.97. The molecular formula is C21H21Cl2N7O. The fourth-order valence-corrected chi connectivity index (χ4v) is 4.56. The first-order chi connectivity index (χ1) is 15.1. The number of hydrogen-bond donors (Lipinski definition) is 3. The third kappa shape index (κ3) is 4.05. The molecule has 3 aromatic heterocycles. The van der Waals surface area contributed by atoms with Crippen molar-refractivity contribution < 1.29 is 4.79 Å². The van der Waals surface area contributed by atoms with Gasteiger partial charge in [-0.1, -0.05) is 11.6 Å². The van der Waals surface area contributed by atoms with E-state index >= 15 is 0 Å². The number of rotatable bonds is 5. The molecule has 8 nitrogen and oxygen atoms in total. The van der Waals surface area contributed by atoms with Gasteiger partial charge in [0.05, 0.1) is 12.2 Å². The average molecular weight is 458 g/mol. The minimum Gasteiger partial charge on any atom is -0.361 e. The lowest BCUT2D eigenvalue weighted by Crippen LogP contribution is -2.44. The monoisotopic (exact) mass is 457 g/mol. The highest BCUT2D eigenvalue weighted by atomic mass is 35.5. The summed E-state index contributed by atoms with van der Waals surface area (Å²) < 4.78 is 0. The molecule has 0 bridgehead atoms. The van der Waals surface area contributed by atoms with Crippen LogP contribution in [0.3, 0.4) is 0 Å². The summed E-state index contributed by atoms with van der Waals surface area (Å²) in [7, 11) is 0. The predicted molar refractivity (Wildman–Crippen MR) is 122 cm³/mol. The normalized spacial score (nSPS) is 16.8. The van der Waals surface area contributed by atoms with Crippen LogP contribution in [0, 0.1) is 5.92 Å². The largest absolute Gasteiger partial charge is 0.361 e. The predicted octanol–water partition coefficient (Wildman–Crippen LogP) is 3.72. The molecule has 1 aliphatic heterocycles. The van der Waals surface area contributed by atoms with Crippen molar-refractivity contribution >= 4 is 57.0 Å². The van der Waals surface area contributed by atoms with E-state index in [4.69, 9.17) is 23.2 Å². The first-order valence-corrected chi connectivity index (χ1v) is 11.0. The number of benzene rings is 1. The molecule has 1 amide bonds. The molecule has 160 valence electrons. The number of imidazole rings is 1. The van der Waals surface area contributed by atoms with Gasteiger partial charge in [0.1, 0.15) is 5.52 Å². The zero-order chi connectivity index (χ0) is 21.4. The van der Waals surface area contributed by atoms with E-state index in [0.717, 1.165) is 47.8 Å². The summed E-state index contributed by atoms with van der Waals surface area (Å²) in [6.45, 7) is 1.95. The van der Waals surface area contributed by atoms with Crippen LogP contribution in [0.25, 0.3) is 22.1 Å². The van der Waals surface area contributed by atoms with E-state index in [-0.39, 0.29) is 17.1 Å². The minimum atomic E-state index is -0.113. The Labute approximate surface area is 188 Å². The van der Waals surface area contributed by atoms with Crippen LogP contribution in [0.5, 0.6) is 0 Å². The molecule has 1 aromatic carbocycles. The maximum atomic E-state index is 12.9. The summed E-state index contributed by atoms with van der Waals surface area (Å²) in [6, 6.07) is 5.78. The van der Waals surface area contributed by atoms with Crippen LogP contribution in [0.1, 0.15) is 18.4 Å². The second-order valence-electron chi connectivity index (χ2n) is 7.75. The van der Waals surface area contributed by atoms with E-state index in [0.29, 0.717) is 29.6 Å². The Balaban J connectivity index is 1.23. The number of carbonyl (C=O) groups is 1. The lowest BCUT2D eigenvalue weighted by molar-refractivity contribution is -0.125. The van der Waals surface area contributed by atoms with Gasteiger partial charge in [0, 0.05) is 41.8 Å². The molecular weight excluding hydrogens is 437 g/mol. The molecule has 31 heavy (non-hydrogen) atoms. The number of fused-ring (bicyclic) bond motifs is 2. The number of carbonyl (C=O) groups excluding carboxylic acids is 1. The van der Waals surface area contributed by atoms with E-state index in [2.05, 4.69) is 35.1 Å². The minimum absolute atomic E-state index is 0.0589. The molecule has 3 N–H and O–H groups in total. The molecule has 4 heterocycles. The highest BCUT2D eigenvalue weighted by Crippen LogP contribution is 2.28. The highest BCUT2D eigenvalue weighted by molar-refractivity contribution is 6.31. The molecule has 0 spiro atoms. The van der Waals surface area contributed by atoms with Crippen molar-refractivity contribution in [3.8, 4) is 0 Å². The standard InChI is InChI=1S/C21H21Cl2N7O/c22-14-3-4-16-15(8-14)12(9-25-16)5-6-24-20(31)13-2-1-7-30(10-13)19-17-18(27-11-26-17)28-21(23)29-19/h3-4,8-9,11,13,25H,1-2,5-7,10H2,(H,24,31)(H,26,27,28,29)/t13-/m1/s1. The summed E-state index contributed by atoms with van der Waals surface area (Å²) in [4.78, 5) is 34.0. The molecule has 0 unspecified atom stereocenters. The van der Waals surface area contributed by atoms with Crippen molar-refractivity contribution in [1.29, 1.82) is 0 Å². The van der Waals surface area contributed by atoms with Gasteiger partial charge in [-0.2, -0.15) is 9.97 Å². The highest BCUT2D eigenvalue weighted by Gasteiger charge is 2.28. The van der Waals surface area contributed by atoms with Gasteiger partial charge >= 0.3 is 0 Å². The Kier molecular flexibility index (Phi) is 5.41. The van der Waals surface area contributed by atoms with Gasteiger partial charge < -0.3 is 20.2 Å². The summed E-state index contributed by atoms with van der Waals surface area (Å²) in [6.07, 6.45) is 6.03. The number of nitrogens with zero attached hydrogens (tertiary/aromatic N) is 4. The Morgan fingerprint density at radius 1 is 1.26 bits per heavy atom. The van der Waals surface area contributed by atoms with Crippen LogP contribution in [-0.4, -0.2) is 50.5 Å². The van der Waals surface area contributed by atoms with Crippen LogP contribution < -0.4 is 10.2 Å². The molecule has 0 radical (unpaired) electrons. The first-order valence-electron chi connectivity index (χ1n) is 10.2. The first kappa shape index (κ1) is 20.1. The number of H-pyrrole nitrogens is 2. The second kappa shape index (κ2) is 8.36. The Morgan fingerprint density at radius 2 is 2.16 bits per heavy atom. The fraction of sp³-hybridized carbons (Fsp3) is 0.333. The van der Waals surface area contributed by atoms with E-state index in [1.54, 1.807) is 6.33 Å². The van der Waals surface area contributed by atoms with Crippen molar-refractivity contribution in [2.24, 2.45) is 5.92 Å². The number of halogens is 2. The Hall–Kier alpha value is -2.84. The average Bonchev–Trinajstić information content (AvgIpc) is 3.40. The number of amides is 1. The second-order valence-corrected chi connectivity index (χ2v) is 8.52. The van der Waals surface area contributed by atoms with E-state index in [1.807, 2.05) is 24.4 Å². The zero-order valence-corrected chi connectivity index (χ0v) is 18.2. The Bertz CT molecular complexity index is 1250. The van der Waals surface area contributed by atoms with Gasteiger partial charge in [0.2, 0.25) is 11.2 Å². The summed E-state index contributed by atoms with van der Waals surface area (Å²) in [5.74, 6) is 0.641. The van der Waals surface area contributed by atoms with Crippen molar-refractivity contribution in [1.82, 2.24) is 30.2 Å². The van der Waals surface area contributed by atoms with Gasteiger partial charge in [-0.05, 0) is 54.6 Å². The molecule has 1 atom stereocenters. The van der Waals surface area contributed by atoms with E-state index < -0.39 is 0 Å². The summed E-state index contributed by atoms with van der Waals surface area (Å²) in [5.41, 5.74) is 3.45. The molecule has 1 saturated heterocycles. The van der Waals surface area contributed by atoms with E-state index in [9.17, 15) is 4.79 Å². The number of piperidine rings is 1. The number of hydrogen-bond acceptors (Lipinski definition) is 5. The van der Waals surface area contributed by atoms with Crippen molar-refractivity contribution in [2.75, 3.05) is 24.5 Å². The number of anilines is 1. The van der Waals surface area contributed by atoms with Gasteiger partial charge in [0.25, 0.3) is 0 Å². The quantitative estimate of drug-likeness (QED) is 0.396. The smallest absolute Gasteiger partial charge is 0.226 e. The van der Waals surface area contributed by atoms with Gasteiger partial charge in [-0.15, -0.1) is 0 Å². The number of aromatic nitrogens is 5. The SMILES string of the molecule is O=C(NCCc1c[nH]c2ccc(Cl)cc12)[C@@H]1CCCN(c2nc(Cl)nc3nc[nH]c23)C1. The Morgan fingerprint density at radius 3 is 3.06 bits per heavy atom. The molecule has 5 rings (SSSR count). The topological polar surface area (TPSA) is 103 Å². The zero-order valence-electron chi connectivity index (χ0n) is 16.7. The van der Waals surface area contributed by atoms with Crippen LogP contribution >= 0.6 is 23.2 Å². The van der Waals surface area contributed by atoms with Crippen LogP contribution in [0.4, 0.5) is 5.82 Å². The maximum Gasteiger partial charge on any atom is 0.226 e. The molecule has 1 aliphatic rings. The molecule has 4 aromatic rings.